The topological polar surface area (TPSA) is 29.3 Å². The summed E-state index contributed by atoms with van der Waals surface area (Å²) in [4.78, 5) is 2.72. The number of hydrogen-bond acceptors (Lipinski definition) is 2. The van der Waals surface area contributed by atoms with E-state index in [0.717, 1.165) is 12.1 Å². The standard InChI is InChI=1S/C11H22N2.2ClH/c1-8(2)13-10-4-3-5-11(13)7-9(12)6-10;;/h8-11H,3-7,12H2,1-2H3;2*1H/t9-,10-,11+;;. The van der Waals surface area contributed by atoms with Crippen LogP contribution in [0.4, 0.5) is 0 Å². The second-order valence-corrected chi connectivity index (χ2v) is 5.01. The van der Waals surface area contributed by atoms with Gasteiger partial charge in [-0.25, -0.2) is 0 Å². The molecule has 0 saturated carbocycles. The first-order valence-corrected chi connectivity index (χ1v) is 5.71. The van der Waals surface area contributed by atoms with Crippen molar-refractivity contribution < 1.29 is 0 Å². The van der Waals surface area contributed by atoms with Gasteiger partial charge in [0.15, 0.2) is 0 Å². The van der Waals surface area contributed by atoms with Gasteiger partial charge in [-0.05, 0) is 39.5 Å². The molecule has 2 aliphatic heterocycles. The van der Waals surface area contributed by atoms with E-state index in [-0.39, 0.29) is 24.8 Å². The predicted octanol–water partition coefficient (Wildman–Crippen LogP) is 2.58. The van der Waals surface area contributed by atoms with Crippen molar-refractivity contribution in [2.75, 3.05) is 0 Å². The molecule has 0 aliphatic carbocycles. The maximum absolute atomic E-state index is 6.06. The lowest BCUT2D eigenvalue weighted by atomic mass is 9.81. The first-order valence-electron chi connectivity index (χ1n) is 5.71. The van der Waals surface area contributed by atoms with Gasteiger partial charge in [0.1, 0.15) is 0 Å². The molecule has 2 bridgehead atoms. The van der Waals surface area contributed by atoms with Crippen molar-refractivity contribution in [1.29, 1.82) is 0 Å². The molecular weight excluding hydrogens is 231 g/mol. The second kappa shape index (κ2) is 6.29. The molecule has 2 fully saturated rings. The minimum Gasteiger partial charge on any atom is -0.328 e. The summed E-state index contributed by atoms with van der Waals surface area (Å²) in [6.45, 7) is 4.64. The number of nitrogens with two attached hydrogens (primary N) is 1. The summed E-state index contributed by atoms with van der Waals surface area (Å²) in [6, 6.07) is 2.78. The summed E-state index contributed by atoms with van der Waals surface area (Å²) in [6.07, 6.45) is 6.64. The highest BCUT2D eigenvalue weighted by Crippen LogP contribution is 2.34. The zero-order chi connectivity index (χ0) is 9.42. The van der Waals surface area contributed by atoms with Gasteiger partial charge in [0.2, 0.25) is 0 Å². The smallest absolute Gasteiger partial charge is 0.0116 e. The maximum Gasteiger partial charge on any atom is 0.0116 e. The van der Waals surface area contributed by atoms with Gasteiger partial charge in [-0.1, -0.05) is 6.42 Å². The van der Waals surface area contributed by atoms with Crippen molar-refractivity contribution in [2.45, 2.75) is 70.1 Å². The van der Waals surface area contributed by atoms with E-state index in [2.05, 4.69) is 18.7 Å². The molecule has 0 spiro atoms. The molecule has 2 rings (SSSR count). The van der Waals surface area contributed by atoms with Crippen molar-refractivity contribution in [1.82, 2.24) is 4.90 Å². The van der Waals surface area contributed by atoms with Crippen molar-refractivity contribution in [3.8, 4) is 0 Å². The highest BCUT2D eigenvalue weighted by atomic mass is 35.5. The number of nitrogens with zero attached hydrogens (tertiary/aromatic N) is 1. The summed E-state index contributed by atoms with van der Waals surface area (Å²) >= 11 is 0. The van der Waals surface area contributed by atoms with Gasteiger partial charge in [-0.3, -0.25) is 4.90 Å². The van der Waals surface area contributed by atoms with Gasteiger partial charge in [-0.2, -0.15) is 0 Å². The fourth-order valence-corrected chi connectivity index (χ4v) is 3.30. The Kier molecular flexibility index (Phi) is 6.50. The number of piperidine rings is 2. The molecule has 2 aliphatic rings. The van der Waals surface area contributed by atoms with Gasteiger partial charge in [0.05, 0.1) is 0 Å². The van der Waals surface area contributed by atoms with Crippen LogP contribution in [0.2, 0.25) is 0 Å². The van der Waals surface area contributed by atoms with E-state index >= 15 is 0 Å². The molecule has 0 aromatic heterocycles. The Morgan fingerprint density at radius 3 is 1.93 bits per heavy atom. The zero-order valence-electron chi connectivity index (χ0n) is 9.69. The van der Waals surface area contributed by atoms with Crippen LogP contribution in [-0.2, 0) is 0 Å². The largest absolute Gasteiger partial charge is 0.328 e. The Bertz CT molecular complexity index is 173. The molecule has 3 atom stereocenters. The van der Waals surface area contributed by atoms with Crippen molar-refractivity contribution >= 4 is 24.8 Å². The average molecular weight is 255 g/mol. The fourth-order valence-electron chi connectivity index (χ4n) is 3.30. The Morgan fingerprint density at radius 1 is 1.07 bits per heavy atom. The van der Waals surface area contributed by atoms with Crippen LogP contribution in [-0.4, -0.2) is 29.1 Å². The van der Waals surface area contributed by atoms with Crippen LogP contribution in [0.5, 0.6) is 0 Å². The van der Waals surface area contributed by atoms with Crippen molar-refractivity contribution in [3.05, 3.63) is 0 Å². The van der Waals surface area contributed by atoms with Gasteiger partial charge in [0.25, 0.3) is 0 Å². The number of rotatable bonds is 1. The summed E-state index contributed by atoms with van der Waals surface area (Å²) < 4.78 is 0. The molecule has 2 saturated heterocycles. The highest BCUT2D eigenvalue weighted by molar-refractivity contribution is 5.85. The van der Waals surface area contributed by atoms with Crippen molar-refractivity contribution in [3.63, 3.8) is 0 Å². The SMILES string of the molecule is CC(C)N1[C@@H]2CCC[C@H]1C[C@H](N)C2.Cl.Cl. The monoisotopic (exact) mass is 254 g/mol. The third-order valence-electron chi connectivity index (χ3n) is 3.66. The van der Waals surface area contributed by atoms with Gasteiger partial charge >= 0.3 is 0 Å². The molecule has 0 radical (unpaired) electrons. The zero-order valence-corrected chi connectivity index (χ0v) is 11.3. The summed E-state index contributed by atoms with van der Waals surface area (Å²) in [5.74, 6) is 0. The molecular formula is C11H24Cl2N2. The Labute approximate surface area is 106 Å². The molecule has 0 aromatic carbocycles. The van der Waals surface area contributed by atoms with Crippen LogP contribution >= 0.6 is 24.8 Å². The summed E-state index contributed by atoms with van der Waals surface area (Å²) in [5.41, 5.74) is 6.06. The Morgan fingerprint density at radius 2 is 1.53 bits per heavy atom. The van der Waals surface area contributed by atoms with Crippen LogP contribution < -0.4 is 5.73 Å². The predicted molar refractivity (Wildman–Crippen MR) is 70.1 cm³/mol. The van der Waals surface area contributed by atoms with E-state index in [1.807, 2.05) is 0 Å². The molecule has 92 valence electrons. The first-order chi connectivity index (χ1) is 6.18. The van der Waals surface area contributed by atoms with Crippen LogP contribution in [0.3, 0.4) is 0 Å². The van der Waals surface area contributed by atoms with E-state index in [1.54, 1.807) is 0 Å². The maximum atomic E-state index is 6.06. The number of halogens is 2. The molecule has 2 nitrogen and oxygen atoms in total. The quantitative estimate of drug-likeness (QED) is 0.780. The van der Waals surface area contributed by atoms with E-state index in [0.29, 0.717) is 12.1 Å². The fraction of sp³-hybridized carbons (Fsp3) is 1.00. The minimum atomic E-state index is 0. The molecule has 2 N–H and O–H groups in total. The first kappa shape index (κ1) is 15.5. The van der Waals surface area contributed by atoms with Crippen LogP contribution in [0.25, 0.3) is 0 Å². The van der Waals surface area contributed by atoms with E-state index < -0.39 is 0 Å². The average Bonchev–Trinajstić information content (AvgIpc) is 2.01. The summed E-state index contributed by atoms with van der Waals surface area (Å²) in [7, 11) is 0. The molecule has 0 aromatic rings. The minimum absolute atomic E-state index is 0. The van der Waals surface area contributed by atoms with Crippen LogP contribution in [0.1, 0.15) is 46.0 Å². The van der Waals surface area contributed by atoms with Gasteiger partial charge in [0, 0.05) is 24.2 Å². The Balaban J connectivity index is 0.000000980. The molecule has 4 heteroatoms. The molecule has 0 amide bonds. The summed E-state index contributed by atoms with van der Waals surface area (Å²) in [5, 5.41) is 0. The van der Waals surface area contributed by atoms with Crippen LogP contribution in [0, 0.1) is 0 Å². The number of fused-ring (bicyclic) bond motifs is 2. The van der Waals surface area contributed by atoms with Crippen LogP contribution in [0.15, 0.2) is 0 Å². The number of hydrogen-bond donors (Lipinski definition) is 1. The van der Waals surface area contributed by atoms with E-state index in [1.165, 1.54) is 32.1 Å². The third-order valence-corrected chi connectivity index (χ3v) is 3.66. The molecule has 0 unspecified atom stereocenters. The second-order valence-electron chi connectivity index (χ2n) is 5.01. The lowest BCUT2D eigenvalue weighted by Crippen LogP contribution is -2.57. The lowest BCUT2D eigenvalue weighted by Gasteiger charge is -2.50. The lowest BCUT2D eigenvalue weighted by molar-refractivity contribution is 0.00622. The normalized spacial score (nSPS) is 35.6. The van der Waals surface area contributed by atoms with Crippen molar-refractivity contribution in [2.24, 2.45) is 5.73 Å². The highest BCUT2D eigenvalue weighted by Gasteiger charge is 2.37. The van der Waals surface area contributed by atoms with E-state index in [4.69, 9.17) is 5.73 Å². The van der Waals surface area contributed by atoms with E-state index in [9.17, 15) is 0 Å². The molecule has 2 heterocycles. The third kappa shape index (κ3) is 3.23. The van der Waals surface area contributed by atoms with Gasteiger partial charge in [-0.15, -0.1) is 24.8 Å². The Hall–Kier alpha value is 0.500. The van der Waals surface area contributed by atoms with Gasteiger partial charge < -0.3 is 5.73 Å². The molecule has 15 heavy (non-hydrogen) atoms.